The van der Waals surface area contributed by atoms with E-state index in [9.17, 15) is 19.7 Å². The van der Waals surface area contributed by atoms with E-state index in [0.29, 0.717) is 16.9 Å². The van der Waals surface area contributed by atoms with E-state index in [1.54, 1.807) is 12.1 Å². The lowest BCUT2D eigenvalue weighted by molar-refractivity contribution is -0.385. The van der Waals surface area contributed by atoms with Crippen molar-refractivity contribution in [1.82, 2.24) is 5.32 Å². The van der Waals surface area contributed by atoms with E-state index in [1.807, 2.05) is 0 Å². The number of carbonyl (C=O) groups is 2. The van der Waals surface area contributed by atoms with E-state index in [-0.39, 0.29) is 42.3 Å². The lowest BCUT2D eigenvalue weighted by Gasteiger charge is -2.11. The highest BCUT2D eigenvalue weighted by atomic mass is 16.6. The summed E-state index contributed by atoms with van der Waals surface area (Å²) in [7, 11) is 2.82. The quantitative estimate of drug-likeness (QED) is 0.498. The number of nitro groups is 1. The predicted octanol–water partition coefficient (Wildman–Crippen LogP) is 2.21. The van der Waals surface area contributed by atoms with Crippen LogP contribution in [-0.4, -0.2) is 42.7 Å². The Morgan fingerprint density at radius 1 is 1.14 bits per heavy atom. The first-order valence-corrected chi connectivity index (χ1v) is 8.34. The van der Waals surface area contributed by atoms with Crippen LogP contribution in [0.4, 0.5) is 5.69 Å². The number of nitro benzene ring substituents is 1. The molecule has 9 heteroatoms. The fourth-order valence-corrected chi connectivity index (χ4v) is 2.68. The molecule has 0 heterocycles. The Labute approximate surface area is 161 Å². The van der Waals surface area contributed by atoms with Crippen molar-refractivity contribution >= 4 is 17.6 Å². The number of nitrogens with one attached hydrogen (secondary N) is 1. The molecule has 1 amide bonds. The van der Waals surface area contributed by atoms with Gasteiger partial charge in [0.2, 0.25) is 5.91 Å². The summed E-state index contributed by atoms with van der Waals surface area (Å²) in [6.07, 6.45) is 0.229. The molecule has 0 saturated carbocycles. The second kappa shape index (κ2) is 9.36. The summed E-state index contributed by atoms with van der Waals surface area (Å²) in [4.78, 5) is 33.8. The van der Waals surface area contributed by atoms with Crippen LogP contribution in [0.5, 0.6) is 11.5 Å². The Balaban J connectivity index is 2.02. The van der Waals surface area contributed by atoms with Crippen molar-refractivity contribution in [2.24, 2.45) is 0 Å². The van der Waals surface area contributed by atoms with E-state index in [1.165, 1.54) is 38.5 Å². The van der Waals surface area contributed by atoms with Gasteiger partial charge < -0.3 is 19.9 Å². The van der Waals surface area contributed by atoms with Crippen molar-refractivity contribution in [3.05, 3.63) is 63.2 Å². The van der Waals surface area contributed by atoms with Crippen LogP contribution < -0.4 is 14.8 Å². The zero-order chi connectivity index (χ0) is 20.7. The van der Waals surface area contributed by atoms with E-state index >= 15 is 0 Å². The van der Waals surface area contributed by atoms with Gasteiger partial charge in [-0.1, -0.05) is 12.1 Å². The van der Waals surface area contributed by atoms with Gasteiger partial charge >= 0.3 is 5.97 Å². The second-order valence-corrected chi connectivity index (χ2v) is 5.88. The van der Waals surface area contributed by atoms with Gasteiger partial charge in [-0.3, -0.25) is 14.9 Å². The van der Waals surface area contributed by atoms with Crippen molar-refractivity contribution < 1.29 is 29.1 Å². The van der Waals surface area contributed by atoms with Gasteiger partial charge in [0, 0.05) is 12.1 Å². The normalized spacial score (nSPS) is 10.2. The SMILES string of the molecule is COc1cc(CCNC(=O)Cc2cccc(C(=O)O)c2)c([N+](=O)[O-])cc1OC. The Hall–Kier alpha value is -3.62. The molecule has 2 N–H and O–H groups in total. The maximum atomic E-state index is 12.1. The van der Waals surface area contributed by atoms with Crippen molar-refractivity contribution in [2.45, 2.75) is 12.8 Å². The molecule has 2 aromatic carbocycles. The molecule has 0 atom stereocenters. The van der Waals surface area contributed by atoms with Crippen LogP contribution in [0.15, 0.2) is 36.4 Å². The van der Waals surface area contributed by atoms with E-state index < -0.39 is 10.9 Å². The molecule has 0 bridgehead atoms. The number of rotatable bonds is 9. The van der Waals surface area contributed by atoms with Gasteiger partial charge in [-0.15, -0.1) is 0 Å². The molecular weight excluding hydrogens is 368 g/mol. The highest BCUT2D eigenvalue weighted by Crippen LogP contribution is 2.34. The molecule has 148 valence electrons. The molecule has 28 heavy (non-hydrogen) atoms. The van der Waals surface area contributed by atoms with Crippen LogP contribution in [-0.2, 0) is 17.6 Å². The number of nitrogens with zero attached hydrogens (tertiary/aromatic N) is 1. The van der Waals surface area contributed by atoms with Gasteiger partial charge in [0.05, 0.1) is 37.2 Å². The van der Waals surface area contributed by atoms with Crippen LogP contribution in [0.25, 0.3) is 0 Å². The molecule has 0 fully saturated rings. The number of benzene rings is 2. The van der Waals surface area contributed by atoms with Crippen LogP contribution in [0.2, 0.25) is 0 Å². The summed E-state index contributed by atoms with van der Waals surface area (Å²) in [5.41, 5.74) is 0.942. The Morgan fingerprint density at radius 2 is 1.82 bits per heavy atom. The summed E-state index contributed by atoms with van der Waals surface area (Å²) >= 11 is 0. The minimum Gasteiger partial charge on any atom is -0.493 e. The van der Waals surface area contributed by atoms with E-state index in [0.717, 1.165) is 0 Å². The average molecular weight is 388 g/mol. The molecule has 9 nitrogen and oxygen atoms in total. The molecule has 2 aromatic rings. The maximum Gasteiger partial charge on any atom is 0.335 e. The van der Waals surface area contributed by atoms with E-state index in [2.05, 4.69) is 5.32 Å². The molecule has 0 saturated heterocycles. The molecule has 0 aliphatic rings. The summed E-state index contributed by atoms with van der Waals surface area (Å²) in [5.74, 6) is -0.770. The van der Waals surface area contributed by atoms with Crippen LogP contribution >= 0.6 is 0 Å². The molecule has 0 aliphatic heterocycles. The van der Waals surface area contributed by atoms with Gasteiger partial charge in [-0.05, 0) is 30.2 Å². The fourth-order valence-electron chi connectivity index (χ4n) is 2.68. The first-order chi connectivity index (χ1) is 13.3. The Bertz CT molecular complexity index is 896. The average Bonchev–Trinajstić information content (AvgIpc) is 2.67. The summed E-state index contributed by atoms with van der Waals surface area (Å²) in [6, 6.07) is 8.90. The molecule has 0 unspecified atom stereocenters. The number of carboxylic acid groups (broad SMARTS) is 1. The first-order valence-electron chi connectivity index (χ1n) is 8.34. The number of carbonyl (C=O) groups excluding carboxylic acids is 1. The number of hydrogen-bond donors (Lipinski definition) is 2. The lowest BCUT2D eigenvalue weighted by Crippen LogP contribution is -2.27. The van der Waals surface area contributed by atoms with Gasteiger partial charge in [0.1, 0.15) is 0 Å². The third-order valence-corrected chi connectivity index (χ3v) is 4.04. The Kier molecular flexibility index (Phi) is 6.91. The van der Waals surface area contributed by atoms with Crippen molar-refractivity contribution in [1.29, 1.82) is 0 Å². The standard InChI is InChI=1S/C19H20N2O7/c1-27-16-10-13(15(21(25)26)11-17(16)28-2)6-7-20-18(22)9-12-4-3-5-14(8-12)19(23)24/h3-5,8,10-11H,6-7,9H2,1-2H3,(H,20,22)(H,23,24). The lowest BCUT2D eigenvalue weighted by atomic mass is 10.1. The third kappa shape index (κ3) is 5.19. The van der Waals surface area contributed by atoms with Gasteiger partial charge in [-0.2, -0.15) is 0 Å². The Morgan fingerprint density at radius 3 is 2.43 bits per heavy atom. The number of amides is 1. The summed E-state index contributed by atoms with van der Waals surface area (Å²) < 4.78 is 10.2. The van der Waals surface area contributed by atoms with Crippen LogP contribution in [0, 0.1) is 10.1 Å². The van der Waals surface area contributed by atoms with Crippen molar-refractivity contribution in [2.75, 3.05) is 20.8 Å². The number of carboxylic acids is 1. The van der Waals surface area contributed by atoms with E-state index in [4.69, 9.17) is 14.6 Å². The monoisotopic (exact) mass is 388 g/mol. The molecule has 0 spiro atoms. The fraction of sp³-hybridized carbons (Fsp3) is 0.263. The zero-order valence-electron chi connectivity index (χ0n) is 15.4. The molecule has 0 aliphatic carbocycles. The van der Waals surface area contributed by atoms with Gasteiger partial charge in [0.15, 0.2) is 11.5 Å². The largest absolute Gasteiger partial charge is 0.493 e. The number of aromatic carboxylic acids is 1. The van der Waals surface area contributed by atoms with Gasteiger partial charge in [-0.25, -0.2) is 4.79 Å². The van der Waals surface area contributed by atoms with Crippen LogP contribution in [0.1, 0.15) is 21.5 Å². The molecule has 0 aromatic heterocycles. The smallest absolute Gasteiger partial charge is 0.335 e. The number of hydrogen-bond acceptors (Lipinski definition) is 6. The number of ether oxygens (including phenoxy) is 2. The number of methoxy groups -OCH3 is 2. The zero-order valence-corrected chi connectivity index (χ0v) is 15.4. The molecular formula is C19H20N2O7. The first kappa shape index (κ1) is 20.7. The minimum absolute atomic E-state index is 0.00907. The predicted molar refractivity (Wildman–Crippen MR) is 100 cm³/mol. The highest BCUT2D eigenvalue weighted by Gasteiger charge is 2.19. The molecule has 0 radical (unpaired) electrons. The third-order valence-electron chi connectivity index (χ3n) is 4.04. The minimum atomic E-state index is -1.07. The second-order valence-electron chi connectivity index (χ2n) is 5.88. The van der Waals surface area contributed by atoms with Crippen molar-refractivity contribution in [3.8, 4) is 11.5 Å². The summed E-state index contributed by atoms with van der Waals surface area (Å²) in [6.45, 7) is 0.174. The summed E-state index contributed by atoms with van der Waals surface area (Å²) in [5, 5.41) is 23.0. The van der Waals surface area contributed by atoms with Gasteiger partial charge in [0.25, 0.3) is 5.69 Å². The van der Waals surface area contributed by atoms with Crippen LogP contribution in [0.3, 0.4) is 0 Å². The maximum absolute atomic E-state index is 12.1. The van der Waals surface area contributed by atoms with Crippen molar-refractivity contribution in [3.63, 3.8) is 0 Å². The topological polar surface area (TPSA) is 128 Å². The molecule has 2 rings (SSSR count). The highest BCUT2D eigenvalue weighted by molar-refractivity contribution is 5.88.